The zero-order valence-electron chi connectivity index (χ0n) is 13.4. The van der Waals surface area contributed by atoms with E-state index in [9.17, 15) is 5.11 Å². The van der Waals surface area contributed by atoms with E-state index in [0.717, 1.165) is 22.0 Å². The van der Waals surface area contributed by atoms with E-state index in [2.05, 4.69) is 0 Å². The predicted molar refractivity (Wildman–Crippen MR) is 102 cm³/mol. The maximum absolute atomic E-state index is 11.8. The first-order valence-electron chi connectivity index (χ1n) is 8.08. The molecule has 2 nitrogen and oxygen atoms in total. The van der Waals surface area contributed by atoms with E-state index in [1.54, 1.807) is 0 Å². The second-order valence-corrected chi connectivity index (χ2v) is 6.41. The number of benzene rings is 3. The summed E-state index contributed by atoms with van der Waals surface area (Å²) in [6, 6.07) is 28.6. The van der Waals surface area contributed by atoms with Gasteiger partial charge >= 0.3 is 0 Å². The number of aliphatic hydroxyl groups is 1. The Hall–Kier alpha value is -2.68. The average Bonchev–Trinajstić information content (AvgIpc) is 2.68. The van der Waals surface area contributed by atoms with Gasteiger partial charge in [-0.05, 0) is 35.4 Å². The fourth-order valence-electron chi connectivity index (χ4n) is 3.12. The van der Waals surface area contributed by atoms with Gasteiger partial charge in [-0.15, -0.1) is 0 Å². The summed E-state index contributed by atoms with van der Waals surface area (Å²) in [7, 11) is 0. The quantitative estimate of drug-likeness (QED) is 0.555. The molecular weight excluding hydrogens is 330 g/mol. The van der Waals surface area contributed by atoms with E-state index in [1.807, 2.05) is 91.0 Å². The van der Waals surface area contributed by atoms with Crippen molar-refractivity contribution in [3.05, 3.63) is 113 Å². The summed E-state index contributed by atoms with van der Waals surface area (Å²) in [6.07, 6.45) is 0. The van der Waals surface area contributed by atoms with Crippen molar-refractivity contribution in [2.45, 2.75) is 5.60 Å². The van der Waals surface area contributed by atoms with E-state index in [4.69, 9.17) is 16.6 Å². The lowest BCUT2D eigenvalue weighted by Gasteiger charge is -2.29. The molecule has 122 valence electrons. The molecule has 0 spiro atoms. The third-order valence-electron chi connectivity index (χ3n) is 4.41. The Bertz CT molecular complexity index is 976. The Morgan fingerprint density at radius 3 is 1.92 bits per heavy atom. The highest BCUT2D eigenvalue weighted by atomic mass is 35.5. The molecule has 0 saturated carbocycles. The first-order chi connectivity index (χ1) is 12.2. The Kier molecular flexibility index (Phi) is 4.00. The highest BCUT2D eigenvalue weighted by molar-refractivity contribution is 6.31. The first kappa shape index (κ1) is 15.8. The highest BCUT2D eigenvalue weighted by Gasteiger charge is 2.35. The van der Waals surface area contributed by atoms with E-state index in [0.29, 0.717) is 10.7 Å². The molecule has 0 fully saturated rings. The maximum Gasteiger partial charge on any atom is 0.157 e. The van der Waals surface area contributed by atoms with Gasteiger partial charge in [-0.2, -0.15) is 0 Å². The molecule has 0 unspecified atom stereocenters. The Labute approximate surface area is 151 Å². The van der Waals surface area contributed by atoms with Crippen LogP contribution in [0.3, 0.4) is 0 Å². The average molecular weight is 346 g/mol. The summed E-state index contributed by atoms with van der Waals surface area (Å²) in [5.41, 5.74) is 1.62. The van der Waals surface area contributed by atoms with Gasteiger partial charge in [0.2, 0.25) is 0 Å². The van der Waals surface area contributed by atoms with E-state index < -0.39 is 5.60 Å². The van der Waals surface area contributed by atoms with E-state index >= 15 is 0 Å². The van der Waals surface area contributed by atoms with Gasteiger partial charge in [0.1, 0.15) is 0 Å². The van der Waals surface area contributed by atoms with Gasteiger partial charge in [-0.3, -0.25) is 0 Å². The first-order valence-corrected chi connectivity index (χ1v) is 8.46. The molecule has 0 radical (unpaired) electrons. The van der Waals surface area contributed by atoms with Crippen LogP contribution in [0.15, 0.2) is 91.0 Å². The van der Waals surface area contributed by atoms with Gasteiger partial charge < -0.3 is 5.11 Å². The molecule has 0 aliphatic rings. The van der Waals surface area contributed by atoms with Gasteiger partial charge in [0.25, 0.3) is 0 Å². The van der Waals surface area contributed by atoms with Crippen molar-refractivity contribution < 1.29 is 5.11 Å². The molecule has 0 bridgehead atoms. The summed E-state index contributed by atoms with van der Waals surface area (Å²) in [6.45, 7) is 0. The largest absolute Gasteiger partial charge is 0.374 e. The summed E-state index contributed by atoms with van der Waals surface area (Å²) in [5.74, 6) is 0. The minimum absolute atomic E-state index is 0.583. The van der Waals surface area contributed by atoms with Crippen LogP contribution in [0.25, 0.3) is 10.9 Å². The molecule has 25 heavy (non-hydrogen) atoms. The molecule has 0 aliphatic heterocycles. The van der Waals surface area contributed by atoms with Crippen molar-refractivity contribution in [2.75, 3.05) is 0 Å². The van der Waals surface area contributed by atoms with Crippen molar-refractivity contribution in [3.8, 4) is 0 Å². The second-order valence-electron chi connectivity index (χ2n) is 5.98. The molecule has 3 aromatic carbocycles. The standard InChI is InChI=1S/C22H16ClNO/c23-19-12-13-20-16(15-19)11-14-21(24-20)22(25,17-7-3-1-4-8-17)18-9-5-2-6-10-18/h1-15,25H. The van der Waals surface area contributed by atoms with Gasteiger partial charge in [-0.1, -0.05) is 78.3 Å². The number of halogens is 1. The van der Waals surface area contributed by atoms with Crippen LogP contribution in [0, 0.1) is 0 Å². The van der Waals surface area contributed by atoms with Crippen LogP contribution >= 0.6 is 11.6 Å². The Morgan fingerprint density at radius 2 is 1.32 bits per heavy atom. The normalized spacial score (nSPS) is 11.6. The topological polar surface area (TPSA) is 33.1 Å². The van der Waals surface area contributed by atoms with Gasteiger partial charge in [0, 0.05) is 10.4 Å². The zero-order valence-corrected chi connectivity index (χ0v) is 14.2. The van der Waals surface area contributed by atoms with Crippen molar-refractivity contribution in [2.24, 2.45) is 0 Å². The third kappa shape index (κ3) is 2.80. The minimum atomic E-state index is -1.32. The van der Waals surface area contributed by atoms with Crippen LogP contribution in [0.2, 0.25) is 5.02 Å². The molecular formula is C22H16ClNO. The lowest BCUT2D eigenvalue weighted by molar-refractivity contribution is 0.121. The lowest BCUT2D eigenvalue weighted by Crippen LogP contribution is -2.30. The van der Waals surface area contributed by atoms with Crippen molar-refractivity contribution in [1.29, 1.82) is 0 Å². The van der Waals surface area contributed by atoms with Crippen molar-refractivity contribution in [3.63, 3.8) is 0 Å². The number of aromatic nitrogens is 1. The molecule has 0 amide bonds. The molecule has 4 rings (SSSR count). The van der Waals surface area contributed by atoms with Crippen LogP contribution in [-0.4, -0.2) is 10.1 Å². The van der Waals surface area contributed by atoms with Crippen LogP contribution < -0.4 is 0 Å². The Morgan fingerprint density at radius 1 is 0.720 bits per heavy atom. The maximum atomic E-state index is 11.8. The predicted octanol–water partition coefficient (Wildman–Crippen LogP) is 5.17. The fourth-order valence-corrected chi connectivity index (χ4v) is 3.30. The second kappa shape index (κ2) is 6.32. The summed E-state index contributed by atoms with van der Waals surface area (Å²) >= 11 is 6.06. The van der Waals surface area contributed by atoms with Gasteiger partial charge in [0.05, 0.1) is 11.2 Å². The van der Waals surface area contributed by atoms with Crippen LogP contribution in [0.5, 0.6) is 0 Å². The van der Waals surface area contributed by atoms with Crippen molar-refractivity contribution >= 4 is 22.5 Å². The monoisotopic (exact) mass is 345 g/mol. The SMILES string of the molecule is OC(c1ccccc1)(c1ccccc1)c1ccc2cc(Cl)ccc2n1. The molecule has 1 heterocycles. The minimum Gasteiger partial charge on any atom is -0.374 e. The van der Waals surface area contributed by atoms with Gasteiger partial charge in [0.15, 0.2) is 5.60 Å². The molecule has 0 aliphatic carbocycles. The Balaban J connectivity index is 1.97. The molecule has 4 aromatic rings. The van der Waals surface area contributed by atoms with Crippen LogP contribution in [-0.2, 0) is 5.60 Å². The smallest absolute Gasteiger partial charge is 0.157 e. The van der Waals surface area contributed by atoms with Gasteiger partial charge in [-0.25, -0.2) is 4.98 Å². The zero-order chi connectivity index (χ0) is 17.3. The molecule has 0 saturated heterocycles. The summed E-state index contributed by atoms with van der Waals surface area (Å²) < 4.78 is 0. The number of nitrogens with zero attached hydrogens (tertiary/aromatic N) is 1. The van der Waals surface area contributed by atoms with Crippen molar-refractivity contribution in [1.82, 2.24) is 4.98 Å². The molecule has 1 aromatic heterocycles. The molecule has 1 N–H and O–H groups in total. The van der Waals surface area contributed by atoms with Crippen LogP contribution in [0.4, 0.5) is 0 Å². The number of hydrogen-bond donors (Lipinski definition) is 1. The fraction of sp³-hybridized carbons (Fsp3) is 0.0455. The number of pyridine rings is 1. The molecule has 3 heteroatoms. The highest BCUT2D eigenvalue weighted by Crippen LogP contribution is 2.36. The summed E-state index contributed by atoms with van der Waals surface area (Å²) in [4.78, 5) is 4.73. The molecule has 0 atom stereocenters. The van der Waals surface area contributed by atoms with Crippen LogP contribution in [0.1, 0.15) is 16.8 Å². The lowest BCUT2D eigenvalue weighted by atomic mass is 9.83. The van der Waals surface area contributed by atoms with E-state index in [-0.39, 0.29) is 0 Å². The number of rotatable bonds is 3. The number of hydrogen-bond acceptors (Lipinski definition) is 2. The summed E-state index contributed by atoms with van der Waals surface area (Å²) in [5, 5.41) is 13.4. The third-order valence-corrected chi connectivity index (χ3v) is 4.64. The van der Waals surface area contributed by atoms with E-state index in [1.165, 1.54) is 0 Å². The number of fused-ring (bicyclic) bond motifs is 1.